The van der Waals surface area contributed by atoms with E-state index in [1.807, 2.05) is 38.2 Å². The van der Waals surface area contributed by atoms with Gasteiger partial charge in [-0.3, -0.25) is 4.98 Å². The van der Waals surface area contributed by atoms with Crippen LogP contribution < -0.4 is 10.1 Å². The summed E-state index contributed by atoms with van der Waals surface area (Å²) in [6, 6.07) is 5.79. The molecule has 0 radical (unpaired) electrons. The van der Waals surface area contributed by atoms with Crippen LogP contribution >= 0.6 is 34.2 Å². The van der Waals surface area contributed by atoms with Gasteiger partial charge in [-0.2, -0.15) is 0 Å². The molecule has 5 heteroatoms. The zero-order chi connectivity index (χ0) is 14.7. The molecule has 0 amide bonds. The Morgan fingerprint density at radius 3 is 2.75 bits per heavy atom. The molecular weight excluding hydrogens is 387 g/mol. The Kier molecular flexibility index (Phi) is 5.10. The Bertz CT molecular complexity index is 632. The minimum absolute atomic E-state index is 0.653. The van der Waals surface area contributed by atoms with Gasteiger partial charge >= 0.3 is 0 Å². The van der Waals surface area contributed by atoms with Gasteiger partial charge in [0.25, 0.3) is 0 Å². The SMILES string of the molecule is COc1c(C)cnc(CNc2ccc(Cl)cc2I)c1C. The number of hydrogen-bond donors (Lipinski definition) is 1. The van der Waals surface area contributed by atoms with Crippen LogP contribution in [0.15, 0.2) is 24.4 Å². The van der Waals surface area contributed by atoms with Crippen molar-refractivity contribution in [1.29, 1.82) is 0 Å². The summed E-state index contributed by atoms with van der Waals surface area (Å²) < 4.78 is 6.51. The van der Waals surface area contributed by atoms with Gasteiger partial charge in [0, 0.05) is 31.6 Å². The topological polar surface area (TPSA) is 34.1 Å². The summed E-state index contributed by atoms with van der Waals surface area (Å²) in [5, 5.41) is 4.13. The van der Waals surface area contributed by atoms with E-state index < -0.39 is 0 Å². The minimum atomic E-state index is 0.653. The third-order valence-corrected chi connectivity index (χ3v) is 4.25. The van der Waals surface area contributed by atoms with E-state index in [0.29, 0.717) is 6.54 Å². The van der Waals surface area contributed by atoms with Crippen molar-refractivity contribution in [2.24, 2.45) is 0 Å². The fourth-order valence-electron chi connectivity index (χ4n) is 2.06. The van der Waals surface area contributed by atoms with Gasteiger partial charge in [0.15, 0.2) is 0 Å². The summed E-state index contributed by atoms with van der Waals surface area (Å²) in [6.07, 6.45) is 1.84. The van der Waals surface area contributed by atoms with Crippen molar-refractivity contribution in [2.75, 3.05) is 12.4 Å². The summed E-state index contributed by atoms with van der Waals surface area (Å²) in [7, 11) is 1.69. The Morgan fingerprint density at radius 2 is 2.10 bits per heavy atom. The first-order valence-corrected chi connectivity index (χ1v) is 7.66. The number of nitrogens with zero attached hydrogens (tertiary/aromatic N) is 1. The van der Waals surface area contributed by atoms with E-state index in [9.17, 15) is 0 Å². The second-order valence-electron chi connectivity index (χ2n) is 4.52. The highest BCUT2D eigenvalue weighted by Crippen LogP contribution is 2.26. The van der Waals surface area contributed by atoms with Gasteiger partial charge in [0.1, 0.15) is 5.75 Å². The molecule has 3 nitrogen and oxygen atoms in total. The molecular formula is C15H16ClIN2O. The van der Waals surface area contributed by atoms with E-state index in [0.717, 1.165) is 36.9 Å². The number of aryl methyl sites for hydroxylation is 1. The molecule has 0 bridgehead atoms. The number of halogens is 2. The van der Waals surface area contributed by atoms with Crippen LogP contribution in [0.2, 0.25) is 5.02 Å². The molecule has 0 aliphatic heterocycles. The lowest BCUT2D eigenvalue weighted by Crippen LogP contribution is -2.06. The number of pyridine rings is 1. The average molecular weight is 403 g/mol. The normalized spacial score (nSPS) is 10.4. The molecule has 106 valence electrons. The van der Waals surface area contributed by atoms with Gasteiger partial charge in [-0.05, 0) is 54.6 Å². The van der Waals surface area contributed by atoms with Gasteiger partial charge in [-0.1, -0.05) is 11.6 Å². The van der Waals surface area contributed by atoms with Crippen LogP contribution in [0.4, 0.5) is 5.69 Å². The molecule has 0 aliphatic carbocycles. The summed E-state index contributed by atoms with van der Waals surface area (Å²) >= 11 is 8.22. The molecule has 0 saturated heterocycles. The van der Waals surface area contributed by atoms with Crippen LogP contribution in [0.25, 0.3) is 0 Å². The van der Waals surface area contributed by atoms with Crippen LogP contribution in [0.5, 0.6) is 5.75 Å². The van der Waals surface area contributed by atoms with Gasteiger partial charge in [-0.15, -0.1) is 0 Å². The van der Waals surface area contributed by atoms with Crippen molar-refractivity contribution in [3.05, 3.63) is 49.8 Å². The summed E-state index contributed by atoms with van der Waals surface area (Å²) in [5.74, 6) is 0.905. The smallest absolute Gasteiger partial charge is 0.128 e. The van der Waals surface area contributed by atoms with Crippen molar-refractivity contribution in [2.45, 2.75) is 20.4 Å². The lowest BCUT2D eigenvalue weighted by molar-refractivity contribution is 0.407. The van der Waals surface area contributed by atoms with E-state index in [4.69, 9.17) is 16.3 Å². The van der Waals surface area contributed by atoms with E-state index in [2.05, 4.69) is 32.9 Å². The molecule has 0 aliphatic rings. The van der Waals surface area contributed by atoms with Crippen molar-refractivity contribution >= 4 is 39.9 Å². The highest BCUT2D eigenvalue weighted by atomic mass is 127. The predicted octanol–water partition coefficient (Wildman–Crippen LogP) is 4.58. The Labute approximate surface area is 137 Å². The molecule has 0 fully saturated rings. The summed E-state index contributed by atoms with van der Waals surface area (Å²) in [5.41, 5.74) is 4.16. The first kappa shape index (κ1) is 15.4. The molecule has 1 N–H and O–H groups in total. The maximum absolute atomic E-state index is 5.95. The lowest BCUT2D eigenvalue weighted by atomic mass is 10.1. The second-order valence-corrected chi connectivity index (χ2v) is 6.12. The summed E-state index contributed by atoms with van der Waals surface area (Å²) in [4.78, 5) is 4.48. The highest BCUT2D eigenvalue weighted by Gasteiger charge is 2.09. The van der Waals surface area contributed by atoms with Gasteiger partial charge in [-0.25, -0.2) is 0 Å². The van der Waals surface area contributed by atoms with Gasteiger partial charge < -0.3 is 10.1 Å². The number of anilines is 1. The third-order valence-electron chi connectivity index (χ3n) is 3.13. The molecule has 1 aromatic heterocycles. The van der Waals surface area contributed by atoms with Crippen LogP contribution in [0.3, 0.4) is 0 Å². The second kappa shape index (κ2) is 6.63. The molecule has 0 atom stereocenters. The van der Waals surface area contributed by atoms with Gasteiger partial charge in [0.05, 0.1) is 19.3 Å². The predicted molar refractivity (Wildman–Crippen MR) is 91.8 cm³/mol. The molecule has 1 aromatic carbocycles. The fraction of sp³-hybridized carbons (Fsp3) is 0.267. The standard InChI is InChI=1S/C15H16ClIN2O/c1-9-7-18-14(10(2)15(9)20-3)8-19-13-5-4-11(16)6-12(13)17/h4-7,19H,8H2,1-3H3. The van der Waals surface area contributed by atoms with E-state index >= 15 is 0 Å². The quantitative estimate of drug-likeness (QED) is 0.760. The molecule has 1 heterocycles. The average Bonchev–Trinajstić information content (AvgIpc) is 2.40. The fourth-order valence-corrected chi connectivity index (χ4v) is 3.12. The largest absolute Gasteiger partial charge is 0.496 e. The number of benzene rings is 1. The Hall–Kier alpha value is -1.01. The van der Waals surface area contributed by atoms with Crippen molar-refractivity contribution in [3.63, 3.8) is 0 Å². The van der Waals surface area contributed by atoms with Crippen LogP contribution in [-0.4, -0.2) is 12.1 Å². The van der Waals surface area contributed by atoms with Gasteiger partial charge in [0.2, 0.25) is 0 Å². The number of aromatic nitrogens is 1. The molecule has 0 unspecified atom stereocenters. The third kappa shape index (κ3) is 3.35. The first-order chi connectivity index (χ1) is 9.52. The van der Waals surface area contributed by atoms with Crippen LogP contribution in [-0.2, 0) is 6.54 Å². The Balaban J connectivity index is 2.19. The maximum atomic E-state index is 5.95. The van der Waals surface area contributed by atoms with Crippen LogP contribution in [0, 0.1) is 17.4 Å². The number of ether oxygens (including phenoxy) is 1. The maximum Gasteiger partial charge on any atom is 0.128 e. The molecule has 0 spiro atoms. The minimum Gasteiger partial charge on any atom is -0.496 e. The first-order valence-electron chi connectivity index (χ1n) is 6.21. The lowest BCUT2D eigenvalue weighted by Gasteiger charge is -2.14. The Morgan fingerprint density at radius 1 is 1.35 bits per heavy atom. The van der Waals surface area contributed by atoms with Crippen molar-refractivity contribution in [3.8, 4) is 5.75 Å². The molecule has 20 heavy (non-hydrogen) atoms. The highest BCUT2D eigenvalue weighted by molar-refractivity contribution is 14.1. The summed E-state index contributed by atoms with van der Waals surface area (Å²) in [6.45, 7) is 4.68. The number of rotatable bonds is 4. The molecule has 2 rings (SSSR count). The zero-order valence-corrected chi connectivity index (χ0v) is 14.5. The molecule has 0 saturated carbocycles. The number of nitrogens with one attached hydrogen (secondary N) is 1. The number of methoxy groups -OCH3 is 1. The number of hydrogen-bond acceptors (Lipinski definition) is 3. The van der Waals surface area contributed by atoms with E-state index in [-0.39, 0.29) is 0 Å². The van der Waals surface area contributed by atoms with E-state index in [1.54, 1.807) is 7.11 Å². The monoisotopic (exact) mass is 402 g/mol. The van der Waals surface area contributed by atoms with Crippen molar-refractivity contribution < 1.29 is 4.74 Å². The van der Waals surface area contributed by atoms with Crippen LogP contribution in [0.1, 0.15) is 16.8 Å². The van der Waals surface area contributed by atoms with Crippen molar-refractivity contribution in [1.82, 2.24) is 4.98 Å². The van der Waals surface area contributed by atoms with E-state index in [1.165, 1.54) is 0 Å². The molecule has 2 aromatic rings. The zero-order valence-electron chi connectivity index (χ0n) is 11.6.